The standard InChI is InChI=1S/C14H23N3O.ClH/c1-10-7-16-13(12(3)14(10)18-4)9-17-6-5-15-11(2)8-17;/h7,11,15H,5-6,8-9H2,1-4H3;1H/t11-;/m0./s1. The molecular formula is C14H24ClN3O. The number of methoxy groups -OCH3 is 1. The molecule has 1 aromatic rings. The minimum absolute atomic E-state index is 0. The average molecular weight is 286 g/mol. The van der Waals surface area contributed by atoms with Gasteiger partial charge in [-0.2, -0.15) is 0 Å². The largest absolute Gasteiger partial charge is 0.496 e. The highest BCUT2D eigenvalue weighted by Crippen LogP contribution is 2.24. The minimum Gasteiger partial charge on any atom is -0.496 e. The average Bonchev–Trinajstić information content (AvgIpc) is 2.34. The molecule has 2 rings (SSSR count). The number of pyridine rings is 1. The smallest absolute Gasteiger partial charge is 0.128 e. The van der Waals surface area contributed by atoms with Gasteiger partial charge in [0.2, 0.25) is 0 Å². The molecule has 0 radical (unpaired) electrons. The van der Waals surface area contributed by atoms with Crippen LogP contribution in [0.1, 0.15) is 23.7 Å². The van der Waals surface area contributed by atoms with Gasteiger partial charge in [0.25, 0.3) is 0 Å². The van der Waals surface area contributed by atoms with Crippen molar-refractivity contribution in [2.45, 2.75) is 33.4 Å². The Morgan fingerprint density at radius 1 is 1.47 bits per heavy atom. The van der Waals surface area contributed by atoms with E-state index in [0.29, 0.717) is 6.04 Å². The van der Waals surface area contributed by atoms with Gasteiger partial charge in [0.15, 0.2) is 0 Å². The lowest BCUT2D eigenvalue weighted by Gasteiger charge is -2.32. The Labute approximate surface area is 122 Å². The number of aromatic nitrogens is 1. The summed E-state index contributed by atoms with van der Waals surface area (Å²) in [4.78, 5) is 7.01. The maximum absolute atomic E-state index is 5.46. The van der Waals surface area contributed by atoms with Crippen LogP contribution in [0.25, 0.3) is 0 Å². The Kier molecular flexibility index (Phi) is 6.04. The predicted molar refractivity (Wildman–Crippen MR) is 80.3 cm³/mol. The molecule has 1 N–H and O–H groups in total. The molecule has 1 saturated heterocycles. The van der Waals surface area contributed by atoms with Gasteiger partial charge >= 0.3 is 0 Å². The highest BCUT2D eigenvalue weighted by atomic mass is 35.5. The summed E-state index contributed by atoms with van der Waals surface area (Å²) in [6.07, 6.45) is 1.91. The van der Waals surface area contributed by atoms with Crippen LogP contribution in [0.4, 0.5) is 0 Å². The molecule has 1 fully saturated rings. The summed E-state index contributed by atoms with van der Waals surface area (Å²) in [6.45, 7) is 10.5. The summed E-state index contributed by atoms with van der Waals surface area (Å²) < 4.78 is 5.46. The summed E-state index contributed by atoms with van der Waals surface area (Å²) in [5.41, 5.74) is 3.41. The minimum atomic E-state index is 0. The van der Waals surface area contributed by atoms with E-state index in [2.05, 4.69) is 29.0 Å². The Morgan fingerprint density at radius 3 is 2.84 bits per heavy atom. The number of rotatable bonds is 3. The second-order valence-corrected chi connectivity index (χ2v) is 5.14. The van der Waals surface area contributed by atoms with Crippen LogP contribution < -0.4 is 10.1 Å². The van der Waals surface area contributed by atoms with E-state index in [1.807, 2.05) is 13.1 Å². The van der Waals surface area contributed by atoms with E-state index in [1.54, 1.807) is 7.11 Å². The fourth-order valence-electron chi connectivity index (χ4n) is 2.60. The van der Waals surface area contributed by atoms with Crippen molar-refractivity contribution in [1.82, 2.24) is 15.2 Å². The van der Waals surface area contributed by atoms with Crippen LogP contribution in [0, 0.1) is 13.8 Å². The molecule has 1 aromatic heterocycles. The molecule has 1 atom stereocenters. The van der Waals surface area contributed by atoms with Crippen molar-refractivity contribution in [2.75, 3.05) is 26.7 Å². The van der Waals surface area contributed by atoms with Crippen molar-refractivity contribution >= 4 is 12.4 Å². The first kappa shape index (κ1) is 16.2. The monoisotopic (exact) mass is 285 g/mol. The number of aryl methyl sites for hydroxylation is 1. The maximum atomic E-state index is 5.46. The van der Waals surface area contributed by atoms with Gasteiger partial charge in [-0.05, 0) is 20.8 Å². The molecule has 0 aromatic carbocycles. The molecule has 108 valence electrons. The Hall–Kier alpha value is -0.840. The van der Waals surface area contributed by atoms with Crippen molar-refractivity contribution in [3.05, 3.63) is 23.0 Å². The van der Waals surface area contributed by atoms with Crippen LogP contribution in [0.2, 0.25) is 0 Å². The van der Waals surface area contributed by atoms with Gasteiger partial charge in [0, 0.05) is 49.5 Å². The molecule has 19 heavy (non-hydrogen) atoms. The van der Waals surface area contributed by atoms with Crippen molar-refractivity contribution in [3.63, 3.8) is 0 Å². The number of hydrogen-bond acceptors (Lipinski definition) is 4. The van der Waals surface area contributed by atoms with Crippen molar-refractivity contribution in [2.24, 2.45) is 0 Å². The Morgan fingerprint density at radius 2 is 2.21 bits per heavy atom. The van der Waals surface area contributed by atoms with E-state index < -0.39 is 0 Å². The second kappa shape index (κ2) is 7.08. The molecule has 0 amide bonds. The number of halogens is 1. The summed E-state index contributed by atoms with van der Waals surface area (Å²) in [5, 5.41) is 3.46. The molecule has 2 heterocycles. The molecule has 4 nitrogen and oxygen atoms in total. The lowest BCUT2D eigenvalue weighted by atomic mass is 10.1. The maximum Gasteiger partial charge on any atom is 0.128 e. The molecule has 0 saturated carbocycles. The zero-order chi connectivity index (χ0) is 13.1. The number of nitrogens with one attached hydrogen (secondary N) is 1. The van der Waals surface area contributed by atoms with Crippen LogP contribution in [-0.2, 0) is 6.54 Å². The molecule has 1 aliphatic heterocycles. The fraction of sp³-hybridized carbons (Fsp3) is 0.643. The van der Waals surface area contributed by atoms with Crippen molar-refractivity contribution in [1.29, 1.82) is 0 Å². The first-order chi connectivity index (χ1) is 8.61. The zero-order valence-electron chi connectivity index (χ0n) is 12.2. The quantitative estimate of drug-likeness (QED) is 0.921. The SMILES string of the molecule is COc1c(C)cnc(CN2CCN[C@@H](C)C2)c1C.Cl. The van der Waals surface area contributed by atoms with Crippen LogP contribution in [-0.4, -0.2) is 42.7 Å². The number of hydrogen-bond donors (Lipinski definition) is 1. The molecule has 0 unspecified atom stereocenters. The number of piperazine rings is 1. The third-order valence-corrected chi connectivity index (χ3v) is 3.58. The van der Waals surface area contributed by atoms with E-state index in [9.17, 15) is 0 Å². The highest BCUT2D eigenvalue weighted by molar-refractivity contribution is 5.85. The molecule has 0 bridgehead atoms. The van der Waals surface area contributed by atoms with Crippen LogP contribution >= 0.6 is 12.4 Å². The van der Waals surface area contributed by atoms with Gasteiger partial charge < -0.3 is 10.1 Å². The Bertz CT molecular complexity index is 425. The second-order valence-electron chi connectivity index (χ2n) is 5.14. The molecule has 0 aliphatic carbocycles. The third kappa shape index (κ3) is 3.81. The molecule has 5 heteroatoms. The third-order valence-electron chi connectivity index (χ3n) is 3.58. The van der Waals surface area contributed by atoms with Crippen LogP contribution in [0.15, 0.2) is 6.20 Å². The van der Waals surface area contributed by atoms with E-state index in [1.165, 1.54) is 5.56 Å². The molecular weight excluding hydrogens is 262 g/mol. The first-order valence-electron chi connectivity index (χ1n) is 6.56. The predicted octanol–water partition coefficient (Wildman–Crippen LogP) is 1.92. The topological polar surface area (TPSA) is 37.4 Å². The van der Waals surface area contributed by atoms with Gasteiger partial charge in [-0.3, -0.25) is 9.88 Å². The van der Waals surface area contributed by atoms with Gasteiger partial charge in [0.05, 0.1) is 12.8 Å². The highest BCUT2D eigenvalue weighted by Gasteiger charge is 2.18. The van der Waals surface area contributed by atoms with Gasteiger partial charge in [-0.15, -0.1) is 12.4 Å². The van der Waals surface area contributed by atoms with E-state index in [-0.39, 0.29) is 12.4 Å². The van der Waals surface area contributed by atoms with Crippen molar-refractivity contribution < 1.29 is 4.74 Å². The molecule has 1 aliphatic rings. The van der Waals surface area contributed by atoms with Gasteiger partial charge in [0.1, 0.15) is 5.75 Å². The first-order valence-corrected chi connectivity index (χ1v) is 6.56. The lowest BCUT2D eigenvalue weighted by Crippen LogP contribution is -2.48. The Balaban J connectivity index is 0.00000180. The van der Waals surface area contributed by atoms with Crippen molar-refractivity contribution in [3.8, 4) is 5.75 Å². The van der Waals surface area contributed by atoms with Crippen LogP contribution in [0.5, 0.6) is 5.75 Å². The number of ether oxygens (including phenoxy) is 1. The van der Waals surface area contributed by atoms with E-state index >= 15 is 0 Å². The lowest BCUT2D eigenvalue weighted by molar-refractivity contribution is 0.197. The van der Waals surface area contributed by atoms with Crippen LogP contribution in [0.3, 0.4) is 0 Å². The number of nitrogens with zero attached hydrogens (tertiary/aromatic N) is 2. The summed E-state index contributed by atoms with van der Waals surface area (Å²) in [5.74, 6) is 0.975. The fourth-order valence-corrected chi connectivity index (χ4v) is 2.60. The normalized spacial score (nSPS) is 19.9. The van der Waals surface area contributed by atoms with E-state index in [0.717, 1.165) is 43.2 Å². The summed E-state index contributed by atoms with van der Waals surface area (Å²) in [6, 6.07) is 0.561. The van der Waals surface area contributed by atoms with E-state index in [4.69, 9.17) is 4.74 Å². The van der Waals surface area contributed by atoms with Gasteiger partial charge in [-0.25, -0.2) is 0 Å². The summed E-state index contributed by atoms with van der Waals surface area (Å²) >= 11 is 0. The van der Waals surface area contributed by atoms with Gasteiger partial charge in [-0.1, -0.05) is 0 Å². The summed E-state index contributed by atoms with van der Waals surface area (Å²) in [7, 11) is 1.73. The zero-order valence-corrected chi connectivity index (χ0v) is 13.0. The molecule has 0 spiro atoms.